The van der Waals surface area contributed by atoms with E-state index >= 15 is 0 Å². The van der Waals surface area contributed by atoms with E-state index < -0.39 is 0 Å². The van der Waals surface area contributed by atoms with Crippen molar-refractivity contribution in [1.29, 1.82) is 0 Å². The van der Waals surface area contributed by atoms with Gasteiger partial charge in [-0.05, 0) is 55.1 Å². The first-order valence-electron chi connectivity index (χ1n) is 7.31. The zero-order valence-corrected chi connectivity index (χ0v) is 11.7. The van der Waals surface area contributed by atoms with Crippen LogP contribution in [0.15, 0.2) is 24.5 Å². The summed E-state index contributed by atoms with van der Waals surface area (Å²) in [4.78, 5) is 4.16. The second kappa shape index (κ2) is 6.33. The van der Waals surface area contributed by atoms with Gasteiger partial charge in [0, 0.05) is 18.4 Å². The summed E-state index contributed by atoms with van der Waals surface area (Å²) in [5.74, 6) is 2.45. The molecule has 0 radical (unpaired) electrons. The summed E-state index contributed by atoms with van der Waals surface area (Å²) in [5.41, 5.74) is 7.69. The Hall–Kier alpha value is -0.890. The van der Waals surface area contributed by atoms with Gasteiger partial charge in [-0.2, -0.15) is 0 Å². The average Bonchev–Trinajstić information content (AvgIpc) is 2.40. The third-order valence-corrected chi connectivity index (χ3v) is 4.73. The van der Waals surface area contributed by atoms with E-state index in [9.17, 15) is 0 Å². The lowest BCUT2D eigenvalue weighted by atomic mass is 9.72. The fourth-order valence-corrected chi connectivity index (χ4v) is 3.09. The predicted molar refractivity (Wildman–Crippen MR) is 76.2 cm³/mol. The van der Waals surface area contributed by atoms with Crippen LogP contribution < -0.4 is 5.73 Å². The maximum atomic E-state index is 6.38. The molecule has 1 heterocycles. The summed E-state index contributed by atoms with van der Waals surface area (Å²) in [7, 11) is 0. The Balaban J connectivity index is 1.80. The summed E-state index contributed by atoms with van der Waals surface area (Å²) in [6.45, 7) is 4.76. The maximum absolute atomic E-state index is 6.38. The number of nitrogens with zero attached hydrogens (tertiary/aromatic N) is 1. The summed E-state index contributed by atoms with van der Waals surface area (Å²) in [5, 5.41) is 0. The third-order valence-electron chi connectivity index (χ3n) is 4.73. The molecule has 4 unspecified atom stereocenters. The largest absolute Gasteiger partial charge is 0.327 e. The maximum Gasteiger partial charge on any atom is 0.0299 e. The molecule has 1 saturated carbocycles. The highest BCUT2D eigenvalue weighted by Crippen LogP contribution is 2.35. The summed E-state index contributed by atoms with van der Waals surface area (Å²) >= 11 is 0. The van der Waals surface area contributed by atoms with E-state index in [0.717, 1.165) is 30.6 Å². The van der Waals surface area contributed by atoms with E-state index in [4.69, 9.17) is 5.73 Å². The van der Waals surface area contributed by atoms with Gasteiger partial charge in [-0.25, -0.2) is 0 Å². The molecule has 1 aromatic rings. The Bertz CT molecular complexity index is 349. The molecule has 0 aromatic carbocycles. The molecule has 0 bridgehead atoms. The van der Waals surface area contributed by atoms with Crippen molar-refractivity contribution < 1.29 is 0 Å². The van der Waals surface area contributed by atoms with Crippen molar-refractivity contribution in [3.8, 4) is 0 Å². The van der Waals surface area contributed by atoms with Crippen molar-refractivity contribution in [2.75, 3.05) is 0 Å². The van der Waals surface area contributed by atoms with Crippen molar-refractivity contribution in [1.82, 2.24) is 4.98 Å². The smallest absolute Gasteiger partial charge is 0.0299 e. The molecule has 2 rings (SSSR count). The fourth-order valence-electron chi connectivity index (χ4n) is 3.09. The Labute approximate surface area is 111 Å². The minimum absolute atomic E-state index is 0.361. The Morgan fingerprint density at radius 2 is 2.17 bits per heavy atom. The van der Waals surface area contributed by atoms with Crippen molar-refractivity contribution in [2.24, 2.45) is 23.5 Å². The van der Waals surface area contributed by atoms with Crippen LogP contribution in [0.1, 0.15) is 45.1 Å². The first kappa shape index (κ1) is 13.5. The number of nitrogens with two attached hydrogens (primary N) is 1. The Morgan fingerprint density at radius 1 is 1.33 bits per heavy atom. The zero-order chi connectivity index (χ0) is 13.0. The van der Waals surface area contributed by atoms with Crippen LogP contribution in [0.25, 0.3) is 0 Å². The minimum atomic E-state index is 0.361. The second-order valence-electron chi connectivity index (χ2n) is 6.09. The molecule has 18 heavy (non-hydrogen) atoms. The monoisotopic (exact) mass is 246 g/mol. The van der Waals surface area contributed by atoms with Gasteiger partial charge in [-0.15, -0.1) is 0 Å². The van der Waals surface area contributed by atoms with Gasteiger partial charge in [-0.3, -0.25) is 4.98 Å². The normalized spacial score (nSPS) is 30.1. The predicted octanol–water partition coefficient (Wildman–Crippen LogP) is 3.41. The molecule has 1 aliphatic carbocycles. The van der Waals surface area contributed by atoms with E-state index in [1.165, 1.54) is 24.8 Å². The number of aryl methyl sites for hydroxylation is 1. The van der Waals surface area contributed by atoms with Crippen LogP contribution in [0.5, 0.6) is 0 Å². The van der Waals surface area contributed by atoms with Crippen LogP contribution in [0.2, 0.25) is 0 Å². The molecule has 1 fully saturated rings. The molecule has 2 N–H and O–H groups in total. The van der Waals surface area contributed by atoms with Gasteiger partial charge in [0.2, 0.25) is 0 Å². The van der Waals surface area contributed by atoms with Gasteiger partial charge in [0.25, 0.3) is 0 Å². The first-order valence-corrected chi connectivity index (χ1v) is 7.31. The number of rotatable bonds is 4. The first-order chi connectivity index (χ1) is 8.66. The van der Waals surface area contributed by atoms with Gasteiger partial charge < -0.3 is 5.73 Å². The zero-order valence-electron chi connectivity index (χ0n) is 11.7. The van der Waals surface area contributed by atoms with Crippen LogP contribution in [-0.4, -0.2) is 11.0 Å². The van der Waals surface area contributed by atoms with E-state index in [-0.39, 0.29) is 0 Å². The standard InChI is InChI=1S/C16H26N2/c1-12-5-7-15(10-13(12)2)16(17)8-6-14-4-3-9-18-11-14/h3-4,9,11-13,15-16H,5-8,10,17H2,1-2H3. The van der Waals surface area contributed by atoms with Crippen LogP contribution in [0.4, 0.5) is 0 Å². The van der Waals surface area contributed by atoms with Crippen LogP contribution in [0.3, 0.4) is 0 Å². The lowest BCUT2D eigenvalue weighted by Gasteiger charge is -2.35. The molecule has 2 nitrogen and oxygen atoms in total. The summed E-state index contributed by atoms with van der Waals surface area (Å²) in [6, 6.07) is 4.51. The molecule has 0 spiro atoms. The lowest BCUT2D eigenvalue weighted by Crippen LogP contribution is -2.35. The van der Waals surface area contributed by atoms with E-state index in [2.05, 4.69) is 24.9 Å². The highest BCUT2D eigenvalue weighted by Gasteiger charge is 2.28. The van der Waals surface area contributed by atoms with Gasteiger partial charge in [0.15, 0.2) is 0 Å². The SMILES string of the molecule is CC1CCC(C(N)CCc2cccnc2)CC1C. The Morgan fingerprint density at radius 3 is 2.83 bits per heavy atom. The van der Waals surface area contributed by atoms with Crippen LogP contribution in [0, 0.1) is 17.8 Å². The van der Waals surface area contributed by atoms with E-state index in [1.807, 2.05) is 18.5 Å². The quantitative estimate of drug-likeness (QED) is 0.884. The third kappa shape index (κ3) is 3.55. The fraction of sp³-hybridized carbons (Fsp3) is 0.688. The minimum Gasteiger partial charge on any atom is -0.327 e. The van der Waals surface area contributed by atoms with Crippen molar-refractivity contribution in [3.05, 3.63) is 30.1 Å². The van der Waals surface area contributed by atoms with Crippen molar-refractivity contribution in [3.63, 3.8) is 0 Å². The highest BCUT2D eigenvalue weighted by atomic mass is 14.7. The molecule has 0 amide bonds. The topological polar surface area (TPSA) is 38.9 Å². The summed E-state index contributed by atoms with van der Waals surface area (Å²) in [6.07, 6.45) is 9.93. The van der Waals surface area contributed by atoms with Crippen LogP contribution >= 0.6 is 0 Å². The average molecular weight is 246 g/mol. The molecule has 2 heteroatoms. The summed E-state index contributed by atoms with van der Waals surface area (Å²) < 4.78 is 0. The number of hydrogen-bond acceptors (Lipinski definition) is 2. The van der Waals surface area contributed by atoms with Crippen molar-refractivity contribution >= 4 is 0 Å². The Kier molecular flexibility index (Phi) is 4.76. The van der Waals surface area contributed by atoms with Gasteiger partial charge in [0.05, 0.1) is 0 Å². The molecule has 1 aromatic heterocycles. The second-order valence-corrected chi connectivity index (χ2v) is 6.09. The van der Waals surface area contributed by atoms with E-state index in [1.54, 1.807) is 0 Å². The molecular formula is C16H26N2. The molecule has 1 aliphatic rings. The molecule has 100 valence electrons. The number of hydrogen-bond donors (Lipinski definition) is 1. The van der Waals surface area contributed by atoms with Crippen molar-refractivity contribution in [2.45, 2.75) is 52.0 Å². The van der Waals surface area contributed by atoms with Gasteiger partial charge in [-0.1, -0.05) is 26.3 Å². The van der Waals surface area contributed by atoms with Gasteiger partial charge in [0.1, 0.15) is 0 Å². The number of pyridine rings is 1. The molecular weight excluding hydrogens is 220 g/mol. The molecule has 4 atom stereocenters. The van der Waals surface area contributed by atoms with Crippen LogP contribution in [-0.2, 0) is 6.42 Å². The lowest BCUT2D eigenvalue weighted by molar-refractivity contribution is 0.182. The molecule has 0 aliphatic heterocycles. The number of aromatic nitrogens is 1. The van der Waals surface area contributed by atoms with Gasteiger partial charge >= 0.3 is 0 Å². The molecule has 0 saturated heterocycles. The highest BCUT2D eigenvalue weighted by molar-refractivity contribution is 5.08. The van der Waals surface area contributed by atoms with E-state index in [0.29, 0.717) is 6.04 Å².